The first kappa shape index (κ1) is 18.8. The highest BCUT2D eigenvalue weighted by molar-refractivity contribution is 5.96. The number of carbonyl (C=O) groups excluding carboxylic acids is 1. The average Bonchev–Trinajstić information content (AvgIpc) is 2.66. The minimum atomic E-state index is -1.11. The van der Waals surface area contributed by atoms with Crippen LogP contribution in [0.4, 0.5) is 11.6 Å². The first-order chi connectivity index (χ1) is 13.3. The molecule has 2 heterocycles. The molecule has 3 rings (SSSR count). The van der Waals surface area contributed by atoms with Crippen LogP contribution in [0.1, 0.15) is 23.0 Å². The van der Waals surface area contributed by atoms with Gasteiger partial charge >= 0.3 is 5.97 Å². The van der Waals surface area contributed by atoms with Gasteiger partial charge in [0.15, 0.2) is 11.2 Å². The molecule has 1 amide bonds. The largest absolute Gasteiger partial charge is 0.480 e. The Morgan fingerprint density at radius 3 is 2.64 bits per heavy atom. The lowest BCUT2D eigenvalue weighted by Gasteiger charge is -2.10. The van der Waals surface area contributed by atoms with Crippen LogP contribution in [-0.4, -0.2) is 43.0 Å². The Kier molecular flexibility index (Phi) is 5.16. The van der Waals surface area contributed by atoms with Crippen LogP contribution in [0.25, 0.3) is 11.2 Å². The highest BCUT2D eigenvalue weighted by atomic mass is 16.4. The van der Waals surface area contributed by atoms with Gasteiger partial charge in [0.05, 0.1) is 18.4 Å². The fourth-order valence-electron chi connectivity index (χ4n) is 2.33. The smallest absolute Gasteiger partial charge is 0.325 e. The number of carboxylic acid groups (broad SMARTS) is 1. The standard InChI is InChI=1S/C17H17N7O4/c1-8(16(27)28)21-14(25)9-2-4-10(5-3-9)19-6-11-7-20-13-12(22-11)15(26)24-17(18)23-13/h2-5,7-8,19H,6H2,1H3,(H,21,25)(H,27,28)(H3,18,20,23,24,26)/t8-/m1/s1. The van der Waals surface area contributed by atoms with Gasteiger partial charge in [-0.3, -0.25) is 19.4 Å². The summed E-state index contributed by atoms with van der Waals surface area (Å²) >= 11 is 0. The van der Waals surface area contributed by atoms with Gasteiger partial charge in [-0.15, -0.1) is 0 Å². The van der Waals surface area contributed by atoms with E-state index in [0.29, 0.717) is 16.9 Å². The summed E-state index contributed by atoms with van der Waals surface area (Å²) in [5, 5.41) is 14.3. The van der Waals surface area contributed by atoms with E-state index in [1.165, 1.54) is 13.1 Å². The van der Waals surface area contributed by atoms with E-state index in [9.17, 15) is 14.4 Å². The molecule has 0 saturated heterocycles. The Morgan fingerprint density at radius 2 is 1.96 bits per heavy atom. The zero-order valence-corrected chi connectivity index (χ0v) is 14.8. The second-order valence-electron chi connectivity index (χ2n) is 5.95. The first-order valence-electron chi connectivity index (χ1n) is 8.22. The molecule has 3 aromatic rings. The number of amides is 1. The highest BCUT2D eigenvalue weighted by Crippen LogP contribution is 2.11. The zero-order valence-electron chi connectivity index (χ0n) is 14.8. The Morgan fingerprint density at radius 1 is 1.25 bits per heavy atom. The highest BCUT2D eigenvalue weighted by Gasteiger charge is 2.15. The monoisotopic (exact) mass is 383 g/mol. The van der Waals surface area contributed by atoms with Gasteiger partial charge in [-0.25, -0.2) is 9.97 Å². The molecule has 0 spiro atoms. The van der Waals surface area contributed by atoms with Crippen molar-refractivity contribution < 1.29 is 14.7 Å². The van der Waals surface area contributed by atoms with E-state index in [4.69, 9.17) is 10.8 Å². The number of carboxylic acids is 1. The number of nitrogens with two attached hydrogens (primary N) is 1. The zero-order chi connectivity index (χ0) is 20.3. The maximum Gasteiger partial charge on any atom is 0.325 e. The van der Waals surface area contributed by atoms with E-state index in [1.807, 2.05) is 0 Å². The maximum absolute atomic E-state index is 12.0. The van der Waals surface area contributed by atoms with Crippen LogP contribution in [-0.2, 0) is 11.3 Å². The maximum atomic E-state index is 12.0. The molecule has 0 radical (unpaired) electrons. The molecule has 6 N–H and O–H groups in total. The number of anilines is 2. The summed E-state index contributed by atoms with van der Waals surface area (Å²) < 4.78 is 0. The number of carbonyl (C=O) groups is 2. The summed E-state index contributed by atoms with van der Waals surface area (Å²) in [6, 6.07) is 5.49. The quantitative estimate of drug-likeness (QED) is 0.395. The third-order valence-electron chi connectivity index (χ3n) is 3.82. The molecule has 0 aliphatic rings. The van der Waals surface area contributed by atoms with E-state index < -0.39 is 23.5 Å². The molecule has 1 aromatic carbocycles. The van der Waals surface area contributed by atoms with Crippen molar-refractivity contribution in [3.63, 3.8) is 0 Å². The number of aromatic nitrogens is 4. The van der Waals surface area contributed by atoms with Crippen LogP contribution in [0.15, 0.2) is 35.3 Å². The molecule has 0 saturated carbocycles. The van der Waals surface area contributed by atoms with Crippen LogP contribution >= 0.6 is 0 Å². The van der Waals surface area contributed by atoms with E-state index >= 15 is 0 Å². The normalized spacial score (nSPS) is 11.8. The number of aromatic amines is 1. The number of rotatable bonds is 6. The molecule has 28 heavy (non-hydrogen) atoms. The summed E-state index contributed by atoms with van der Waals surface area (Å²) in [6.07, 6.45) is 1.48. The molecule has 144 valence electrons. The van der Waals surface area contributed by atoms with Gasteiger partial charge in [-0.2, -0.15) is 4.98 Å². The van der Waals surface area contributed by atoms with Gasteiger partial charge in [0.1, 0.15) is 6.04 Å². The van der Waals surface area contributed by atoms with E-state index in [1.54, 1.807) is 24.3 Å². The molecular formula is C17H17N7O4. The molecule has 0 unspecified atom stereocenters. The number of H-pyrrole nitrogens is 1. The number of nitrogens with zero attached hydrogens (tertiary/aromatic N) is 3. The van der Waals surface area contributed by atoms with Crippen molar-refractivity contribution in [2.24, 2.45) is 0 Å². The number of fused-ring (bicyclic) bond motifs is 1. The lowest BCUT2D eigenvalue weighted by molar-refractivity contribution is -0.138. The van der Waals surface area contributed by atoms with Gasteiger partial charge in [-0.1, -0.05) is 0 Å². The number of aliphatic carboxylic acids is 1. The summed E-state index contributed by atoms with van der Waals surface area (Å²) in [5.41, 5.74) is 6.80. The fourth-order valence-corrected chi connectivity index (χ4v) is 2.33. The van der Waals surface area contributed by atoms with E-state index in [-0.39, 0.29) is 23.7 Å². The molecule has 2 aromatic heterocycles. The van der Waals surface area contributed by atoms with Crippen molar-refractivity contribution in [2.75, 3.05) is 11.1 Å². The Bertz CT molecular complexity index is 1090. The molecule has 0 aliphatic heterocycles. The molecular weight excluding hydrogens is 366 g/mol. The van der Waals surface area contributed by atoms with Gasteiger partial charge in [0.2, 0.25) is 5.95 Å². The SMILES string of the molecule is C[C@@H](NC(=O)c1ccc(NCc2cnc3nc(N)[nH]c(=O)c3n2)cc1)C(=O)O. The van der Waals surface area contributed by atoms with Crippen molar-refractivity contribution in [1.29, 1.82) is 0 Å². The minimum absolute atomic E-state index is 0.0282. The van der Waals surface area contributed by atoms with Crippen molar-refractivity contribution >= 4 is 34.7 Å². The third-order valence-corrected chi connectivity index (χ3v) is 3.82. The molecule has 11 nitrogen and oxygen atoms in total. The van der Waals surface area contributed by atoms with Gasteiger partial charge in [0.25, 0.3) is 11.5 Å². The summed E-state index contributed by atoms with van der Waals surface area (Å²) in [6.45, 7) is 1.67. The number of benzene rings is 1. The van der Waals surface area contributed by atoms with Crippen LogP contribution in [0.2, 0.25) is 0 Å². The topological polar surface area (TPSA) is 176 Å². The van der Waals surface area contributed by atoms with Gasteiger partial charge < -0.3 is 21.5 Å². The van der Waals surface area contributed by atoms with E-state index in [0.717, 1.165) is 0 Å². The predicted octanol–water partition coefficient (Wildman–Crippen LogP) is 0.110. The lowest BCUT2D eigenvalue weighted by Crippen LogP contribution is -2.38. The fraction of sp³-hybridized carbons (Fsp3) is 0.176. The van der Waals surface area contributed by atoms with Crippen molar-refractivity contribution in [2.45, 2.75) is 19.5 Å². The van der Waals surface area contributed by atoms with Crippen LogP contribution in [0.3, 0.4) is 0 Å². The van der Waals surface area contributed by atoms with Crippen molar-refractivity contribution in [3.8, 4) is 0 Å². The second kappa shape index (κ2) is 7.70. The number of hydrogen-bond acceptors (Lipinski definition) is 8. The van der Waals surface area contributed by atoms with Crippen LogP contribution in [0, 0.1) is 0 Å². The third kappa shape index (κ3) is 4.20. The summed E-state index contributed by atoms with van der Waals surface area (Å²) in [5.74, 6) is -1.62. The molecule has 11 heteroatoms. The number of hydrogen-bond donors (Lipinski definition) is 5. The Balaban J connectivity index is 1.66. The average molecular weight is 383 g/mol. The second-order valence-corrected chi connectivity index (χ2v) is 5.95. The summed E-state index contributed by atoms with van der Waals surface area (Å²) in [4.78, 5) is 49.2. The van der Waals surface area contributed by atoms with Gasteiger partial charge in [-0.05, 0) is 31.2 Å². The molecule has 1 atom stereocenters. The number of nitrogens with one attached hydrogen (secondary N) is 3. The predicted molar refractivity (Wildman–Crippen MR) is 101 cm³/mol. The molecule has 0 aliphatic carbocycles. The van der Waals surface area contributed by atoms with Crippen LogP contribution in [0.5, 0.6) is 0 Å². The van der Waals surface area contributed by atoms with E-state index in [2.05, 4.69) is 30.6 Å². The molecule has 0 fully saturated rings. The summed E-state index contributed by atoms with van der Waals surface area (Å²) in [7, 11) is 0. The Hall–Kier alpha value is -4.02. The minimum Gasteiger partial charge on any atom is -0.480 e. The van der Waals surface area contributed by atoms with Gasteiger partial charge in [0, 0.05) is 11.3 Å². The first-order valence-corrected chi connectivity index (χ1v) is 8.22. The molecule has 0 bridgehead atoms. The lowest BCUT2D eigenvalue weighted by atomic mass is 10.2. The van der Waals surface area contributed by atoms with Crippen molar-refractivity contribution in [3.05, 3.63) is 52.1 Å². The number of nitrogen functional groups attached to an aromatic ring is 1. The Labute approximate surface area is 158 Å². The van der Waals surface area contributed by atoms with Crippen molar-refractivity contribution in [1.82, 2.24) is 25.3 Å². The van der Waals surface area contributed by atoms with Crippen LogP contribution < -0.4 is 21.9 Å².